The first-order valence-corrected chi connectivity index (χ1v) is 5.22. The average Bonchev–Trinajstić information content (AvgIpc) is 2.09. The minimum atomic E-state index is -2.76. The summed E-state index contributed by atoms with van der Waals surface area (Å²) in [5.74, 6) is -1.10. The monoisotopic (exact) mass is 347 g/mol. The average molecular weight is 347 g/mol. The van der Waals surface area contributed by atoms with E-state index in [9.17, 15) is 13.6 Å². The van der Waals surface area contributed by atoms with E-state index in [1.165, 1.54) is 6.20 Å². The summed E-state index contributed by atoms with van der Waals surface area (Å²) in [6.45, 7) is 0. The first-order chi connectivity index (χ1) is 6.93. The SMILES string of the molecule is O=C(O)Cc1cnc(Cl)c(C(F)F)c1I. The molecule has 0 spiro atoms. The van der Waals surface area contributed by atoms with Crippen LogP contribution in [-0.2, 0) is 11.2 Å². The van der Waals surface area contributed by atoms with Crippen molar-refractivity contribution in [1.29, 1.82) is 0 Å². The summed E-state index contributed by atoms with van der Waals surface area (Å²) in [4.78, 5) is 14.0. The van der Waals surface area contributed by atoms with Crippen molar-refractivity contribution in [3.05, 3.63) is 26.0 Å². The van der Waals surface area contributed by atoms with Gasteiger partial charge in [-0.05, 0) is 28.2 Å². The van der Waals surface area contributed by atoms with Crippen LogP contribution in [0.2, 0.25) is 5.15 Å². The van der Waals surface area contributed by atoms with E-state index in [-0.39, 0.29) is 20.7 Å². The molecule has 0 fully saturated rings. The molecule has 82 valence electrons. The number of nitrogens with zero attached hydrogens (tertiary/aromatic N) is 1. The molecule has 0 aliphatic carbocycles. The number of rotatable bonds is 3. The van der Waals surface area contributed by atoms with Gasteiger partial charge in [-0.3, -0.25) is 4.79 Å². The lowest BCUT2D eigenvalue weighted by molar-refractivity contribution is -0.136. The standard InChI is InChI=1S/C8H5ClF2INO2/c9-7-5(8(10)11)6(12)3(2-13-7)1-4(14)15/h2,8H,1H2,(H,14,15). The molecule has 0 saturated heterocycles. The Balaban J connectivity index is 3.22. The first-order valence-electron chi connectivity index (χ1n) is 3.76. The van der Waals surface area contributed by atoms with E-state index < -0.39 is 18.0 Å². The van der Waals surface area contributed by atoms with Crippen LogP contribution in [0.3, 0.4) is 0 Å². The van der Waals surface area contributed by atoms with Gasteiger partial charge in [0.05, 0.1) is 12.0 Å². The molecule has 1 heterocycles. The van der Waals surface area contributed by atoms with Crippen LogP contribution in [0.1, 0.15) is 17.6 Å². The Hall–Kier alpha value is -0.500. The molecule has 0 aliphatic heterocycles. The Bertz CT molecular complexity index is 400. The Morgan fingerprint density at radius 1 is 1.67 bits per heavy atom. The number of carbonyl (C=O) groups is 1. The number of aliphatic carboxylic acids is 1. The molecule has 0 unspecified atom stereocenters. The molecule has 0 radical (unpaired) electrons. The third-order valence-corrected chi connectivity index (χ3v) is 3.21. The number of pyridine rings is 1. The van der Waals surface area contributed by atoms with Crippen LogP contribution in [0.15, 0.2) is 6.20 Å². The van der Waals surface area contributed by atoms with Gasteiger partial charge in [-0.25, -0.2) is 13.8 Å². The Kier molecular flexibility index (Phi) is 4.21. The summed E-state index contributed by atoms with van der Waals surface area (Å²) in [7, 11) is 0. The van der Waals surface area contributed by atoms with Gasteiger partial charge < -0.3 is 5.11 Å². The fourth-order valence-corrected chi connectivity index (χ4v) is 2.20. The maximum Gasteiger partial charge on any atom is 0.307 e. The number of alkyl halides is 2. The van der Waals surface area contributed by atoms with Crippen LogP contribution >= 0.6 is 34.2 Å². The minimum absolute atomic E-state index is 0.157. The highest BCUT2D eigenvalue weighted by molar-refractivity contribution is 14.1. The molecule has 0 saturated carbocycles. The van der Waals surface area contributed by atoms with Crippen molar-refractivity contribution in [3.63, 3.8) is 0 Å². The molecule has 1 rings (SSSR count). The second-order valence-corrected chi connectivity index (χ2v) is 4.11. The molecule has 3 nitrogen and oxygen atoms in total. The Morgan fingerprint density at radius 2 is 2.27 bits per heavy atom. The quantitative estimate of drug-likeness (QED) is 0.676. The third kappa shape index (κ3) is 2.97. The van der Waals surface area contributed by atoms with Crippen molar-refractivity contribution in [2.24, 2.45) is 0 Å². The van der Waals surface area contributed by atoms with Crippen LogP contribution in [0.25, 0.3) is 0 Å². The zero-order valence-corrected chi connectivity index (χ0v) is 10.1. The fourth-order valence-electron chi connectivity index (χ4n) is 0.996. The van der Waals surface area contributed by atoms with Gasteiger partial charge in [0, 0.05) is 9.77 Å². The number of aromatic nitrogens is 1. The van der Waals surface area contributed by atoms with E-state index in [2.05, 4.69) is 4.98 Å². The molecule has 1 aromatic heterocycles. The van der Waals surface area contributed by atoms with Crippen molar-refractivity contribution in [2.75, 3.05) is 0 Å². The van der Waals surface area contributed by atoms with E-state index in [4.69, 9.17) is 16.7 Å². The summed E-state index contributed by atoms with van der Waals surface area (Å²) in [6, 6.07) is 0. The molecular formula is C8H5ClF2INO2. The van der Waals surface area contributed by atoms with Crippen LogP contribution in [0.5, 0.6) is 0 Å². The lowest BCUT2D eigenvalue weighted by Crippen LogP contribution is -2.06. The third-order valence-electron chi connectivity index (χ3n) is 1.63. The van der Waals surface area contributed by atoms with Crippen molar-refractivity contribution >= 4 is 40.2 Å². The maximum atomic E-state index is 12.5. The van der Waals surface area contributed by atoms with E-state index >= 15 is 0 Å². The van der Waals surface area contributed by atoms with Gasteiger partial charge in [0.15, 0.2) is 0 Å². The summed E-state index contributed by atoms with van der Waals surface area (Å²) in [5.41, 5.74) is -0.168. The van der Waals surface area contributed by atoms with Crippen LogP contribution < -0.4 is 0 Å². The molecule has 0 atom stereocenters. The highest BCUT2D eigenvalue weighted by Gasteiger charge is 2.20. The van der Waals surface area contributed by atoms with E-state index in [1.54, 1.807) is 22.6 Å². The summed E-state index contributed by atoms with van der Waals surface area (Å²) < 4.78 is 25.2. The predicted molar refractivity (Wildman–Crippen MR) is 58.3 cm³/mol. The highest BCUT2D eigenvalue weighted by atomic mass is 127. The van der Waals surface area contributed by atoms with Gasteiger partial charge in [0.25, 0.3) is 6.43 Å². The maximum absolute atomic E-state index is 12.5. The van der Waals surface area contributed by atoms with Gasteiger partial charge in [-0.15, -0.1) is 0 Å². The molecule has 0 amide bonds. The molecular weight excluding hydrogens is 342 g/mol. The van der Waals surface area contributed by atoms with Gasteiger partial charge in [-0.2, -0.15) is 0 Å². The number of carboxylic acid groups (broad SMARTS) is 1. The van der Waals surface area contributed by atoms with Crippen molar-refractivity contribution < 1.29 is 18.7 Å². The Morgan fingerprint density at radius 3 is 2.73 bits per heavy atom. The van der Waals surface area contributed by atoms with Crippen molar-refractivity contribution in [2.45, 2.75) is 12.8 Å². The Labute approximate surface area is 103 Å². The highest BCUT2D eigenvalue weighted by Crippen LogP contribution is 2.31. The summed E-state index contributed by atoms with van der Waals surface area (Å²) >= 11 is 7.14. The smallest absolute Gasteiger partial charge is 0.307 e. The molecule has 7 heteroatoms. The molecule has 0 aliphatic rings. The number of hydrogen-bond donors (Lipinski definition) is 1. The fraction of sp³-hybridized carbons (Fsp3) is 0.250. The van der Waals surface area contributed by atoms with Gasteiger partial charge in [0.2, 0.25) is 0 Å². The molecule has 0 bridgehead atoms. The molecule has 1 N–H and O–H groups in total. The largest absolute Gasteiger partial charge is 0.481 e. The summed E-state index contributed by atoms with van der Waals surface area (Å²) in [5, 5.41) is 8.25. The van der Waals surface area contributed by atoms with E-state index in [0.717, 1.165) is 0 Å². The van der Waals surface area contributed by atoms with Crippen molar-refractivity contribution in [3.8, 4) is 0 Å². The normalized spacial score (nSPS) is 10.7. The lowest BCUT2D eigenvalue weighted by Gasteiger charge is -2.08. The lowest BCUT2D eigenvalue weighted by atomic mass is 10.1. The second-order valence-electron chi connectivity index (χ2n) is 2.67. The van der Waals surface area contributed by atoms with E-state index in [1.807, 2.05) is 0 Å². The zero-order chi connectivity index (χ0) is 11.6. The minimum Gasteiger partial charge on any atom is -0.481 e. The second kappa shape index (κ2) is 5.02. The van der Waals surface area contributed by atoms with Crippen LogP contribution in [0.4, 0.5) is 8.78 Å². The number of carboxylic acids is 1. The topological polar surface area (TPSA) is 50.2 Å². The van der Waals surface area contributed by atoms with Gasteiger partial charge in [-0.1, -0.05) is 11.6 Å². The summed E-state index contributed by atoms with van der Waals surface area (Å²) in [6.07, 6.45) is -1.91. The zero-order valence-electron chi connectivity index (χ0n) is 7.18. The number of halogens is 4. The van der Waals surface area contributed by atoms with E-state index in [0.29, 0.717) is 0 Å². The molecule has 0 aromatic carbocycles. The van der Waals surface area contributed by atoms with Gasteiger partial charge >= 0.3 is 5.97 Å². The number of hydrogen-bond acceptors (Lipinski definition) is 2. The first kappa shape index (κ1) is 12.6. The van der Waals surface area contributed by atoms with Crippen LogP contribution in [-0.4, -0.2) is 16.1 Å². The van der Waals surface area contributed by atoms with Crippen molar-refractivity contribution in [1.82, 2.24) is 4.98 Å². The molecule has 1 aromatic rings. The predicted octanol–water partition coefficient (Wildman–Crippen LogP) is 2.90. The van der Waals surface area contributed by atoms with Gasteiger partial charge in [0.1, 0.15) is 5.15 Å². The molecule has 15 heavy (non-hydrogen) atoms. The van der Waals surface area contributed by atoms with Crippen LogP contribution in [0, 0.1) is 3.57 Å².